The summed E-state index contributed by atoms with van der Waals surface area (Å²) >= 11 is 0. The van der Waals surface area contributed by atoms with Crippen molar-refractivity contribution in [2.45, 2.75) is 39.5 Å². The van der Waals surface area contributed by atoms with Crippen LogP contribution in [0.25, 0.3) is 0 Å². The number of rotatable bonds is 4. The lowest BCUT2D eigenvalue weighted by Gasteiger charge is -2.23. The summed E-state index contributed by atoms with van der Waals surface area (Å²) in [5.41, 5.74) is 4.26. The molecule has 3 rings (SSSR count). The molecular formula is C18H27ClN2O. The van der Waals surface area contributed by atoms with E-state index in [2.05, 4.69) is 42.7 Å². The number of amides is 1. The van der Waals surface area contributed by atoms with Crippen LogP contribution in [-0.4, -0.2) is 25.5 Å². The second-order valence-corrected chi connectivity index (χ2v) is 6.91. The summed E-state index contributed by atoms with van der Waals surface area (Å²) in [5.74, 6) is 0.556. The third-order valence-corrected chi connectivity index (χ3v) is 5.10. The topological polar surface area (TPSA) is 41.1 Å². The Morgan fingerprint density at radius 1 is 1.23 bits per heavy atom. The summed E-state index contributed by atoms with van der Waals surface area (Å²) in [7, 11) is 0. The third-order valence-electron chi connectivity index (χ3n) is 5.10. The van der Waals surface area contributed by atoms with Gasteiger partial charge in [-0.3, -0.25) is 4.79 Å². The van der Waals surface area contributed by atoms with Crippen molar-refractivity contribution in [3.05, 3.63) is 34.9 Å². The quantitative estimate of drug-likeness (QED) is 0.895. The van der Waals surface area contributed by atoms with Crippen molar-refractivity contribution in [2.24, 2.45) is 11.3 Å². The van der Waals surface area contributed by atoms with Crippen molar-refractivity contribution >= 4 is 18.3 Å². The largest absolute Gasteiger partial charge is 0.356 e. The highest BCUT2D eigenvalue weighted by Gasteiger charge is 2.57. The highest BCUT2D eigenvalue weighted by atomic mass is 35.5. The molecule has 2 aliphatic rings. The molecule has 1 aliphatic heterocycles. The van der Waals surface area contributed by atoms with E-state index < -0.39 is 0 Å². The van der Waals surface area contributed by atoms with Gasteiger partial charge >= 0.3 is 0 Å². The van der Waals surface area contributed by atoms with Crippen molar-refractivity contribution < 1.29 is 4.79 Å². The van der Waals surface area contributed by atoms with E-state index in [4.69, 9.17) is 0 Å². The van der Waals surface area contributed by atoms with Crippen molar-refractivity contribution in [2.75, 3.05) is 19.6 Å². The van der Waals surface area contributed by atoms with Crippen LogP contribution in [0.5, 0.6) is 0 Å². The Hall–Kier alpha value is -1.06. The standard InChI is InChI=1S/C18H26N2O.ClH/c1-13-9-14(2)11-15(10-13)3-6-20-17(21)16-12-18(16)4-7-19-8-5-18;/h9-11,16,19H,3-8,12H2,1-2H3,(H,20,21);1H. The van der Waals surface area contributed by atoms with Crippen LogP contribution in [0.2, 0.25) is 0 Å². The molecule has 4 heteroatoms. The summed E-state index contributed by atoms with van der Waals surface area (Å²) in [4.78, 5) is 12.3. The van der Waals surface area contributed by atoms with E-state index in [1.165, 1.54) is 29.5 Å². The Morgan fingerprint density at radius 3 is 2.50 bits per heavy atom. The summed E-state index contributed by atoms with van der Waals surface area (Å²) in [6, 6.07) is 6.61. The minimum atomic E-state index is 0. The molecule has 3 nitrogen and oxygen atoms in total. The van der Waals surface area contributed by atoms with Crippen LogP contribution < -0.4 is 10.6 Å². The van der Waals surface area contributed by atoms with Gasteiger partial charge in [0.2, 0.25) is 5.91 Å². The highest BCUT2D eigenvalue weighted by molar-refractivity contribution is 5.85. The Kier molecular flexibility index (Phi) is 5.51. The number of benzene rings is 1. The van der Waals surface area contributed by atoms with Gasteiger partial charge in [0.25, 0.3) is 0 Å². The van der Waals surface area contributed by atoms with Gasteiger partial charge in [0.05, 0.1) is 0 Å². The van der Waals surface area contributed by atoms with E-state index in [-0.39, 0.29) is 24.2 Å². The maximum Gasteiger partial charge on any atom is 0.223 e. The maximum absolute atomic E-state index is 12.3. The fraction of sp³-hybridized carbons (Fsp3) is 0.611. The van der Waals surface area contributed by atoms with Crippen LogP contribution in [0.4, 0.5) is 0 Å². The number of halogens is 1. The van der Waals surface area contributed by atoms with Crippen molar-refractivity contribution in [1.82, 2.24) is 10.6 Å². The van der Waals surface area contributed by atoms with E-state index in [9.17, 15) is 4.79 Å². The predicted molar refractivity (Wildman–Crippen MR) is 92.5 cm³/mol. The highest BCUT2D eigenvalue weighted by Crippen LogP contribution is 2.58. The number of hydrogen-bond donors (Lipinski definition) is 2. The minimum Gasteiger partial charge on any atom is -0.356 e. The molecule has 122 valence electrons. The number of hydrogen-bond acceptors (Lipinski definition) is 2. The van der Waals surface area contributed by atoms with E-state index in [1.807, 2.05) is 0 Å². The SMILES string of the molecule is Cc1cc(C)cc(CCNC(=O)C2CC23CCNCC3)c1.Cl. The summed E-state index contributed by atoms with van der Waals surface area (Å²) < 4.78 is 0. The molecule has 1 atom stereocenters. The monoisotopic (exact) mass is 322 g/mol. The van der Waals surface area contributed by atoms with Gasteiger partial charge in [0, 0.05) is 12.5 Å². The smallest absolute Gasteiger partial charge is 0.223 e. The molecule has 22 heavy (non-hydrogen) atoms. The van der Waals surface area contributed by atoms with Gasteiger partial charge < -0.3 is 10.6 Å². The molecule has 0 aromatic heterocycles. The van der Waals surface area contributed by atoms with Crippen molar-refractivity contribution in [3.8, 4) is 0 Å². The first-order chi connectivity index (χ1) is 10.1. The Morgan fingerprint density at radius 2 is 1.86 bits per heavy atom. The molecule has 1 heterocycles. The molecule has 1 aromatic rings. The fourth-order valence-corrected chi connectivity index (χ4v) is 3.86. The Labute approximate surface area is 139 Å². The molecule has 1 amide bonds. The van der Waals surface area contributed by atoms with Gasteiger partial charge in [-0.25, -0.2) is 0 Å². The second-order valence-electron chi connectivity index (χ2n) is 6.91. The zero-order valence-electron chi connectivity index (χ0n) is 13.6. The van der Waals surface area contributed by atoms with Crippen LogP contribution in [0, 0.1) is 25.2 Å². The van der Waals surface area contributed by atoms with E-state index >= 15 is 0 Å². The number of carbonyl (C=O) groups is 1. The lowest BCUT2D eigenvalue weighted by molar-refractivity contribution is -0.123. The molecule has 1 aromatic carbocycles. The molecule has 2 N–H and O–H groups in total. The molecule has 1 aliphatic carbocycles. The van der Waals surface area contributed by atoms with Crippen LogP contribution >= 0.6 is 12.4 Å². The average Bonchev–Trinajstić information content (AvgIpc) is 3.12. The number of piperidine rings is 1. The zero-order chi connectivity index (χ0) is 14.9. The van der Waals surface area contributed by atoms with Crippen LogP contribution in [0.3, 0.4) is 0 Å². The second kappa shape index (κ2) is 7.01. The molecular weight excluding hydrogens is 296 g/mol. The first-order valence-corrected chi connectivity index (χ1v) is 8.15. The number of aryl methyl sites for hydroxylation is 2. The Balaban J connectivity index is 0.00000176. The van der Waals surface area contributed by atoms with Crippen molar-refractivity contribution in [3.63, 3.8) is 0 Å². The molecule has 0 radical (unpaired) electrons. The molecule has 1 spiro atoms. The van der Waals surface area contributed by atoms with Gasteiger partial charge in [-0.2, -0.15) is 0 Å². The van der Waals surface area contributed by atoms with Crippen LogP contribution in [-0.2, 0) is 11.2 Å². The fourth-order valence-electron chi connectivity index (χ4n) is 3.86. The molecule has 1 saturated carbocycles. The maximum atomic E-state index is 12.3. The average molecular weight is 323 g/mol. The zero-order valence-corrected chi connectivity index (χ0v) is 14.4. The van der Waals surface area contributed by atoms with E-state index in [1.54, 1.807) is 0 Å². The summed E-state index contributed by atoms with van der Waals surface area (Å²) in [5, 5.41) is 6.53. The van der Waals surface area contributed by atoms with Crippen LogP contribution in [0.1, 0.15) is 36.0 Å². The van der Waals surface area contributed by atoms with Crippen LogP contribution in [0.15, 0.2) is 18.2 Å². The van der Waals surface area contributed by atoms with Gasteiger partial charge in [-0.15, -0.1) is 12.4 Å². The van der Waals surface area contributed by atoms with Crippen molar-refractivity contribution in [1.29, 1.82) is 0 Å². The van der Waals surface area contributed by atoms with Gasteiger partial charge in [-0.1, -0.05) is 29.3 Å². The normalized spacial score (nSPS) is 22.0. The first-order valence-electron chi connectivity index (χ1n) is 8.15. The molecule has 1 saturated heterocycles. The minimum absolute atomic E-state index is 0. The molecule has 2 fully saturated rings. The van der Waals surface area contributed by atoms with Gasteiger partial charge in [0.1, 0.15) is 0 Å². The van der Waals surface area contributed by atoms with E-state index in [0.717, 1.165) is 32.5 Å². The predicted octanol–water partition coefficient (Wildman–Crippen LogP) is 2.77. The lowest BCUT2D eigenvalue weighted by Crippen LogP contribution is -2.34. The Bertz CT molecular complexity index is 518. The molecule has 1 unspecified atom stereocenters. The number of carbonyl (C=O) groups excluding carboxylic acids is 1. The summed E-state index contributed by atoms with van der Waals surface area (Å²) in [6.45, 7) is 7.16. The van der Waals surface area contributed by atoms with Gasteiger partial charge in [-0.05, 0) is 63.6 Å². The third kappa shape index (κ3) is 3.82. The number of nitrogens with one attached hydrogen (secondary N) is 2. The van der Waals surface area contributed by atoms with Gasteiger partial charge in [0.15, 0.2) is 0 Å². The summed E-state index contributed by atoms with van der Waals surface area (Å²) in [6.07, 6.45) is 4.37. The van der Waals surface area contributed by atoms with E-state index in [0.29, 0.717) is 5.41 Å². The lowest BCUT2D eigenvalue weighted by atomic mass is 9.92. The first kappa shape index (κ1) is 17.3. The molecule has 0 bridgehead atoms.